The maximum Gasteiger partial charge on any atom is 0.338 e. The molecule has 7 aliphatic rings. The number of carbonyl (C=O) groups excluding carboxylic acids is 2. The van der Waals surface area contributed by atoms with Gasteiger partial charge in [-0.1, -0.05) is 45.9 Å². The lowest BCUT2D eigenvalue weighted by molar-refractivity contribution is -0.367. The highest BCUT2D eigenvalue weighted by atomic mass is 16.8. The van der Waals surface area contributed by atoms with E-state index in [2.05, 4.69) is 6.92 Å². The van der Waals surface area contributed by atoms with Crippen molar-refractivity contribution in [3.63, 3.8) is 0 Å². The van der Waals surface area contributed by atoms with Gasteiger partial charge in [-0.2, -0.15) is 0 Å². The fraction of sp³-hybridized carbons (Fsp3) is 0.846. The second-order valence-corrected chi connectivity index (χ2v) is 22.6. The predicted octanol–water partition coefficient (Wildman–Crippen LogP) is 0.204. The van der Waals surface area contributed by atoms with Gasteiger partial charge in [0.25, 0.3) is 0 Å². The van der Waals surface area contributed by atoms with Crippen molar-refractivity contribution in [2.24, 2.45) is 34.5 Å². The molecule has 4 aliphatic carbocycles. The lowest BCUT2D eigenvalue weighted by Gasteiger charge is -2.67. The van der Waals surface area contributed by atoms with Crippen LogP contribution in [0.1, 0.15) is 110 Å². The number of aliphatic hydroxyl groups excluding tert-OH is 8. The van der Waals surface area contributed by atoms with Crippen molar-refractivity contribution in [1.29, 1.82) is 0 Å². The van der Waals surface area contributed by atoms with Crippen LogP contribution in [0.25, 0.3) is 0 Å². The Hall–Kier alpha value is -2.52. The second kappa shape index (κ2) is 22.1. The molecule has 414 valence electrons. The Morgan fingerprint density at radius 2 is 1.40 bits per heavy atom. The molecule has 3 heterocycles. The van der Waals surface area contributed by atoms with Gasteiger partial charge in [0.15, 0.2) is 18.9 Å². The van der Waals surface area contributed by atoms with E-state index < -0.39 is 163 Å². The molecule has 1 aromatic rings. The summed E-state index contributed by atoms with van der Waals surface area (Å²) in [6.07, 6.45) is -20.0. The monoisotopic (exact) mass is 1040 g/mol. The van der Waals surface area contributed by atoms with Crippen LogP contribution in [0, 0.1) is 34.5 Å². The number of ether oxygens (including phenoxy) is 9. The molecule has 0 spiro atoms. The zero-order chi connectivity index (χ0) is 53.1. The first-order valence-electron chi connectivity index (χ1n) is 26.2. The summed E-state index contributed by atoms with van der Waals surface area (Å²) in [6.45, 7) is 10.0. The Kier molecular flexibility index (Phi) is 17.1. The maximum atomic E-state index is 13.8. The minimum atomic E-state index is -1.90. The summed E-state index contributed by atoms with van der Waals surface area (Å²) in [5.74, 6) is -2.12. The van der Waals surface area contributed by atoms with E-state index in [4.69, 9.17) is 42.6 Å². The Morgan fingerprint density at radius 1 is 0.753 bits per heavy atom. The molecule has 21 heteroatoms. The number of fused-ring (bicyclic) bond motifs is 5. The van der Waals surface area contributed by atoms with Crippen molar-refractivity contribution in [2.75, 3.05) is 20.3 Å². The van der Waals surface area contributed by atoms with Crippen LogP contribution in [0.15, 0.2) is 30.3 Å². The molecule has 4 saturated carbocycles. The topological polar surface area (TPSA) is 320 Å². The third kappa shape index (κ3) is 9.93. The van der Waals surface area contributed by atoms with Crippen LogP contribution in [0.2, 0.25) is 0 Å². The first kappa shape index (κ1) is 56.7. The lowest BCUT2D eigenvalue weighted by atomic mass is 9.41. The third-order valence-electron chi connectivity index (χ3n) is 18.7. The molecule has 26 atom stereocenters. The summed E-state index contributed by atoms with van der Waals surface area (Å²) in [7, 11) is 1.35. The molecule has 26 unspecified atom stereocenters. The van der Waals surface area contributed by atoms with Crippen LogP contribution in [-0.2, 0) is 47.4 Å². The van der Waals surface area contributed by atoms with Gasteiger partial charge in [0, 0.05) is 18.4 Å². The molecule has 10 N–H and O–H groups in total. The van der Waals surface area contributed by atoms with Crippen LogP contribution in [-0.4, -0.2) is 205 Å². The van der Waals surface area contributed by atoms with E-state index in [-0.39, 0.29) is 30.6 Å². The number of carbonyl (C=O) groups is 2. The normalized spacial score (nSPS) is 48.6. The Balaban J connectivity index is 0.932. The van der Waals surface area contributed by atoms with Gasteiger partial charge in [-0.15, -0.1) is 0 Å². The maximum absolute atomic E-state index is 13.8. The van der Waals surface area contributed by atoms with Crippen molar-refractivity contribution >= 4 is 11.9 Å². The van der Waals surface area contributed by atoms with Gasteiger partial charge in [-0.05, 0) is 101 Å². The zero-order valence-corrected chi connectivity index (χ0v) is 42.8. The van der Waals surface area contributed by atoms with Crippen molar-refractivity contribution in [1.82, 2.24) is 0 Å². The number of benzene rings is 1. The van der Waals surface area contributed by atoms with Gasteiger partial charge in [-0.25, -0.2) is 4.79 Å². The van der Waals surface area contributed by atoms with Crippen LogP contribution in [0.5, 0.6) is 0 Å². The molecule has 3 aliphatic heterocycles. The summed E-state index contributed by atoms with van der Waals surface area (Å²) >= 11 is 0. The quantitative estimate of drug-likeness (QED) is 0.0829. The fourth-order valence-electron chi connectivity index (χ4n) is 14.1. The Labute approximate surface area is 425 Å². The van der Waals surface area contributed by atoms with Crippen LogP contribution < -0.4 is 0 Å². The minimum Gasteiger partial charge on any atom is -0.462 e. The summed E-state index contributed by atoms with van der Waals surface area (Å²) in [5.41, 5.74) is -4.77. The molecule has 3 saturated heterocycles. The summed E-state index contributed by atoms with van der Waals surface area (Å²) < 4.78 is 53.8. The van der Waals surface area contributed by atoms with Crippen molar-refractivity contribution in [3.05, 3.63) is 35.9 Å². The van der Waals surface area contributed by atoms with E-state index in [1.165, 1.54) is 7.11 Å². The number of methoxy groups -OCH3 is 1. The Bertz CT molecular complexity index is 2030. The third-order valence-corrected chi connectivity index (χ3v) is 18.7. The molecule has 7 fully saturated rings. The number of hydrogen-bond acceptors (Lipinski definition) is 21. The highest BCUT2D eigenvalue weighted by Crippen LogP contribution is 2.71. The SMILES string of the molecule is CCC(C)C(=O)OC(C)C1CC(OC(=O)c2ccccc2)C2(O)C1(C)CCC1C3(C)CCC(OC4OC(C)C(OC5OC(COC6OC(CO)C(O)C(O)C6O)C(O)C(O)C5O)C(OC)C4O)CC3CCC12O. The van der Waals surface area contributed by atoms with Gasteiger partial charge >= 0.3 is 11.9 Å². The van der Waals surface area contributed by atoms with Crippen molar-refractivity contribution in [2.45, 2.75) is 221 Å². The van der Waals surface area contributed by atoms with Crippen LogP contribution in [0.4, 0.5) is 0 Å². The average Bonchev–Trinajstić information content (AvgIpc) is 3.61. The molecule has 1 aromatic carbocycles. The van der Waals surface area contributed by atoms with E-state index in [9.17, 15) is 60.7 Å². The van der Waals surface area contributed by atoms with Crippen molar-refractivity contribution in [3.8, 4) is 0 Å². The van der Waals surface area contributed by atoms with Crippen molar-refractivity contribution < 1.29 is 103 Å². The summed E-state index contributed by atoms with van der Waals surface area (Å²) in [4.78, 5) is 26.9. The van der Waals surface area contributed by atoms with E-state index in [0.717, 1.165) is 0 Å². The number of hydrogen-bond donors (Lipinski definition) is 10. The highest BCUT2D eigenvalue weighted by molar-refractivity contribution is 5.89. The summed E-state index contributed by atoms with van der Waals surface area (Å²) in [6, 6.07) is 8.54. The standard InChI is InChI=1S/C52H80O21/c1-8-24(2)44(61)67-25(3)30-21-34(72-45(62)27-12-10-9-11-13-27)52(64)50(30,6)18-16-33-49(5)17-15-29(20-28(49)14-19-51(33,52)63)69-48-41(60)43(65-7)42(26(4)68-48)73-47-40(59)38(57)36(55)32(71-47)23-66-46-39(58)37(56)35(54)31(22-53)70-46/h9-13,24-26,28-43,46-48,53-60,63-64H,8,14-23H2,1-7H3. The largest absolute Gasteiger partial charge is 0.462 e. The predicted molar refractivity (Wildman–Crippen MR) is 251 cm³/mol. The number of aliphatic hydroxyl groups is 10. The molecule has 0 aromatic heterocycles. The van der Waals surface area contributed by atoms with E-state index >= 15 is 0 Å². The molecular formula is C52H80O21. The molecule has 0 radical (unpaired) electrons. The highest BCUT2D eigenvalue weighted by Gasteiger charge is 2.78. The first-order chi connectivity index (χ1) is 34.5. The van der Waals surface area contributed by atoms with Gasteiger partial charge < -0.3 is 93.7 Å². The van der Waals surface area contributed by atoms with Gasteiger partial charge in [0.1, 0.15) is 90.6 Å². The molecule has 8 rings (SSSR count). The average molecular weight is 1040 g/mol. The van der Waals surface area contributed by atoms with Gasteiger partial charge in [0.2, 0.25) is 0 Å². The van der Waals surface area contributed by atoms with Gasteiger partial charge in [0.05, 0.1) is 36.9 Å². The second-order valence-electron chi connectivity index (χ2n) is 22.6. The van der Waals surface area contributed by atoms with E-state index in [1.807, 2.05) is 27.7 Å². The van der Waals surface area contributed by atoms with E-state index in [0.29, 0.717) is 50.5 Å². The van der Waals surface area contributed by atoms with Crippen LogP contribution in [0.3, 0.4) is 0 Å². The van der Waals surface area contributed by atoms with E-state index in [1.54, 1.807) is 37.3 Å². The first-order valence-corrected chi connectivity index (χ1v) is 26.2. The van der Waals surface area contributed by atoms with Crippen LogP contribution >= 0.6 is 0 Å². The van der Waals surface area contributed by atoms with Gasteiger partial charge in [-0.3, -0.25) is 4.79 Å². The Morgan fingerprint density at radius 3 is 2.05 bits per heavy atom. The number of rotatable bonds is 15. The molecule has 0 bridgehead atoms. The molecule has 0 amide bonds. The summed E-state index contributed by atoms with van der Waals surface area (Å²) in [5, 5.41) is 112. The molecule has 73 heavy (non-hydrogen) atoms. The minimum absolute atomic E-state index is 0.0132. The smallest absolute Gasteiger partial charge is 0.338 e. The number of esters is 2. The molecular weight excluding hydrogens is 961 g/mol. The fourth-order valence-corrected chi connectivity index (χ4v) is 14.1. The molecule has 21 nitrogen and oxygen atoms in total. The lowest BCUT2D eigenvalue weighted by Crippen LogP contribution is -2.76. The zero-order valence-electron chi connectivity index (χ0n) is 42.8.